The minimum absolute atomic E-state index is 0.0305. The fourth-order valence-electron chi connectivity index (χ4n) is 6.80. The lowest BCUT2D eigenvalue weighted by Crippen LogP contribution is -2.58. The first kappa shape index (κ1) is 42.3. The van der Waals surface area contributed by atoms with Crippen LogP contribution in [0.4, 0.5) is 0 Å². The molecule has 4 heterocycles. The topological polar surface area (TPSA) is 226 Å². The number of aryl methyl sites for hydroxylation is 1. The van der Waals surface area contributed by atoms with E-state index in [1.165, 1.54) is 4.90 Å². The third kappa shape index (κ3) is 12.6. The first-order chi connectivity index (χ1) is 27.5. The summed E-state index contributed by atoms with van der Waals surface area (Å²) in [6.07, 6.45) is 4.60. The molecule has 4 bridgehead atoms. The lowest BCUT2D eigenvalue weighted by atomic mass is 10.0. The Bertz CT molecular complexity index is 1840. The number of ether oxygens (including phenoxy) is 1. The number of fused-ring (bicyclic) bond motifs is 19. The summed E-state index contributed by atoms with van der Waals surface area (Å²) in [7, 11) is 1.64. The molecule has 3 aliphatic rings. The number of likely N-dealkylation sites (N-methyl/N-ethyl adjacent to an activating group) is 1. The zero-order valence-corrected chi connectivity index (χ0v) is 32.4. The number of carbonyl (C=O) groups excluding carboxylic acids is 5. The van der Waals surface area contributed by atoms with Gasteiger partial charge in [0.2, 0.25) is 29.5 Å². The third-order valence-corrected chi connectivity index (χ3v) is 10.2. The molecule has 3 aliphatic heterocycles. The lowest BCUT2D eigenvalue weighted by Gasteiger charge is -2.30. The molecular formula is C40H53N9O8. The summed E-state index contributed by atoms with van der Waals surface area (Å²) < 4.78 is 7.48. The molecule has 17 nitrogen and oxygen atoms in total. The van der Waals surface area contributed by atoms with Crippen molar-refractivity contribution in [2.24, 2.45) is 0 Å². The van der Waals surface area contributed by atoms with Gasteiger partial charge in [0.05, 0.1) is 18.3 Å². The highest BCUT2D eigenvalue weighted by Gasteiger charge is 2.39. The summed E-state index contributed by atoms with van der Waals surface area (Å²) >= 11 is 0. The van der Waals surface area contributed by atoms with Crippen LogP contribution in [0, 0.1) is 0 Å². The van der Waals surface area contributed by atoms with Crippen LogP contribution in [0.1, 0.15) is 62.3 Å². The van der Waals surface area contributed by atoms with Crippen LogP contribution in [-0.2, 0) is 54.6 Å². The monoisotopic (exact) mass is 787 g/mol. The van der Waals surface area contributed by atoms with Gasteiger partial charge in [0.25, 0.3) is 0 Å². The Morgan fingerprint density at radius 2 is 1.72 bits per heavy atom. The molecule has 306 valence electrons. The Morgan fingerprint density at radius 3 is 2.46 bits per heavy atom. The maximum Gasteiger partial charge on any atom is 0.326 e. The van der Waals surface area contributed by atoms with E-state index in [1.807, 2.05) is 6.07 Å². The summed E-state index contributed by atoms with van der Waals surface area (Å²) in [6, 6.07) is 11.0. The predicted octanol–water partition coefficient (Wildman–Crippen LogP) is 0.513. The Hall–Kier alpha value is -5.84. The summed E-state index contributed by atoms with van der Waals surface area (Å²) in [5, 5.41) is 32.5. The number of carbonyl (C=O) groups is 6. The fourth-order valence-corrected chi connectivity index (χ4v) is 6.80. The Labute approximate surface area is 331 Å². The number of hydrogen-bond donors (Lipinski definition) is 6. The zero-order valence-electron chi connectivity index (χ0n) is 32.4. The van der Waals surface area contributed by atoms with E-state index in [-0.39, 0.29) is 50.6 Å². The second kappa shape index (κ2) is 20.9. The number of aliphatic carboxylic acids is 1. The smallest absolute Gasteiger partial charge is 0.326 e. The molecule has 0 aliphatic carbocycles. The molecule has 0 unspecified atom stereocenters. The van der Waals surface area contributed by atoms with Crippen molar-refractivity contribution >= 4 is 35.5 Å². The van der Waals surface area contributed by atoms with Crippen molar-refractivity contribution in [1.29, 1.82) is 0 Å². The average Bonchev–Trinajstić information content (AvgIpc) is 3.89. The molecule has 6 N–H and O–H groups in total. The van der Waals surface area contributed by atoms with Gasteiger partial charge in [-0.25, -0.2) is 9.48 Å². The molecule has 1 aromatic heterocycles. The van der Waals surface area contributed by atoms with Crippen molar-refractivity contribution in [3.8, 4) is 5.75 Å². The van der Waals surface area contributed by atoms with Gasteiger partial charge >= 0.3 is 5.97 Å². The van der Waals surface area contributed by atoms with Crippen molar-refractivity contribution in [2.45, 2.75) is 101 Å². The number of carboxylic acid groups (broad SMARTS) is 1. The van der Waals surface area contributed by atoms with Gasteiger partial charge in [0.1, 0.15) is 36.5 Å². The highest BCUT2D eigenvalue weighted by atomic mass is 16.5. The summed E-state index contributed by atoms with van der Waals surface area (Å²) in [6.45, 7) is 3.01. The first-order valence-corrected chi connectivity index (χ1v) is 19.5. The molecule has 3 aromatic rings. The minimum atomic E-state index is -1.31. The number of amides is 5. The van der Waals surface area contributed by atoms with Gasteiger partial charge in [-0.1, -0.05) is 47.7 Å². The van der Waals surface area contributed by atoms with E-state index < -0.39 is 53.9 Å². The van der Waals surface area contributed by atoms with E-state index in [9.17, 15) is 33.9 Å². The minimum Gasteiger partial charge on any atom is -0.492 e. The molecule has 1 fully saturated rings. The molecule has 0 radical (unpaired) electrons. The van der Waals surface area contributed by atoms with Crippen LogP contribution in [0.3, 0.4) is 0 Å². The molecule has 0 saturated carbocycles. The van der Waals surface area contributed by atoms with E-state index in [0.717, 1.165) is 5.56 Å². The van der Waals surface area contributed by atoms with Crippen LogP contribution in [0.15, 0.2) is 60.8 Å². The number of nitrogens with zero attached hydrogens (tertiary/aromatic N) is 4. The summed E-state index contributed by atoms with van der Waals surface area (Å²) in [5.74, 6) is -2.87. The number of rotatable bonds is 6. The number of nitrogens with one attached hydrogen (secondary N) is 5. The van der Waals surface area contributed by atoms with Gasteiger partial charge in [-0.05, 0) is 69.3 Å². The van der Waals surface area contributed by atoms with Crippen molar-refractivity contribution in [3.05, 3.63) is 77.6 Å². The van der Waals surface area contributed by atoms with Gasteiger partial charge < -0.3 is 41.3 Å². The van der Waals surface area contributed by atoms with Crippen LogP contribution in [0.25, 0.3) is 0 Å². The molecule has 6 rings (SSSR count). The van der Waals surface area contributed by atoms with Crippen molar-refractivity contribution in [3.63, 3.8) is 0 Å². The predicted molar refractivity (Wildman–Crippen MR) is 208 cm³/mol. The van der Waals surface area contributed by atoms with Crippen LogP contribution < -0.4 is 31.3 Å². The number of aromatic nitrogens is 3. The SMILES string of the molecule is CN[C@@H](C)C(=O)N[C@H]1CCCCNC(=O)CCc2cn(nn2)CCOc2ccc(cc2)C[C@@H](C(=O)O)NC(=O)[C@H](Cc2ccccc2)NC(=O)[C@@H]2CCCN2C1=O. The molecular weight excluding hydrogens is 734 g/mol. The largest absolute Gasteiger partial charge is 0.492 e. The van der Waals surface area contributed by atoms with Gasteiger partial charge in [0, 0.05) is 45.0 Å². The van der Waals surface area contributed by atoms with E-state index in [0.29, 0.717) is 62.2 Å². The van der Waals surface area contributed by atoms with E-state index in [2.05, 4.69) is 36.9 Å². The van der Waals surface area contributed by atoms with Gasteiger partial charge in [-0.3, -0.25) is 24.0 Å². The van der Waals surface area contributed by atoms with Crippen molar-refractivity contribution in [1.82, 2.24) is 46.5 Å². The quantitative estimate of drug-likeness (QED) is 0.202. The van der Waals surface area contributed by atoms with Crippen LogP contribution in [0.5, 0.6) is 5.75 Å². The fraction of sp³-hybridized carbons (Fsp3) is 0.500. The second-order valence-electron chi connectivity index (χ2n) is 14.4. The second-order valence-corrected chi connectivity index (χ2v) is 14.4. The van der Waals surface area contributed by atoms with Crippen LogP contribution in [-0.4, -0.2) is 117 Å². The average molecular weight is 788 g/mol. The number of benzene rings is 2. The Balaban J connectivity index is 1.37. The normalized spacial score (nSPS) is 22.7. The molecule has 1 saturated heterocycles. The Morgan fingerprint density at radius 1 is 0.947 bits per heavy atom. The highest BCUT2D eigenvalue weighted by Crippen LogP contribution is 2.21. The number of hydrogen-bond acceptors (Lipinski definition) is 10. The van der Waals surface area contributed by atoms with E-state index >= 15 is 0 Å². The van der Waals surface area contributed by atoms with E-state index in [1.54, 1.807) is 73.4 Å². The van der Waals surface area contributed by atoms with Gasteiger partial charge in [-0.15, -0.1) is 5.10 Å². The molecule has 2 aromatic carbocycles. The maximum atomic E-state index is 14.1. The van der Waals surface area contributed by atoms with Crippen molar-refractivity contribution < 1.29 is 38.6 Å². The molecule has 5 atom stereocenters. The zero-order chi connectivity index (χ0) is 40.7. The summed E-state index contributed by atoms with van der Waals surface area (Å²) in [4.78, 5) is 81.5. The molecule has 5 amide bonds. The third-order valence-electron chi connectivity index (χ3n) is 10.2. The van der Waals surface area contributed by atoms with Gasteiger partial charge in [0.15, 0.2) is 0 Å². The standard InChI is InChI=1S/C40H53N9O8/c1-26(41-2)36(51)43-31-11-6-7-19-42-35(50)18-15-29-25-48(47-46-29)21-22-57-30-16-13-28(14-17-30)24-33(40(55)56)45-37(52)32(23-27-9-4-3-5-10-27)44-38(53)34-12-8-20-49(34)39(31)54/h3-5,9-10,13-14,16-17,25-26,31-34,41H,6-8,11-12,15,18-24H2,1-2H3,(H,42,50)(H,43,51)(H,44,53)(H,45,52)(H,55,56)/t26-,31-,32-,33-,34-/m0/s1. The Kier molecular flexibility index (Phi) is 15.5. The molecule has 0 spiro atoms. The lowest BCUT2D eigenvalue weighted by molar-refractivity contribution is -0.143. The van der Waals surface area contributed by atoms with E-state index in [4.69, 9.17) is 4.74 Å². The number of carboxylic acids is 1. The van der Waals surface area contributed by atoms with Gasteiger partial charge in [-0.2, -0.15) is 0 Å². The summed E-state index contributed by atoms with van der Waals surface area (Å²) in [5.41, 5.74) is 2.04. The maximum absolute atomic E-state index is 14.1. The van der Waals surface area contributed by atoms with Crippen molar-refractivity contribution in [2.75, 3.05) is 26.7 Å². The molecule has 57 heavy (non-hydrogen) atoms. The highest BCUT2D eigenvalue weighted by molar-refractivity contribution is 5.96. The first-order valence-electron chi connectivity index (χ1n) is 19.5. The molecule has 17 heteroatoms. The van der Waals surface area contributed by atoms with Crippen LogP contribution in [0.2, 0.25) is 0 Å². The van der Waals surface area contributed by atoms with Crippen LogP contribution >= 0.6 is 0 Å².